The first-order chi connectivity index (χ1) is 13.5. The topological polar surface area (TPSA) is 96.5 Å². The second-order valence-electron chi connectivity index (χ2n) is 6.25. The van der Waals surface area contributed by atoms with Gasteiger partial charge in [0.05, 0.1) is 11.1 Å². The molecule has 0 saturated carbocycles. The van der Waals surface area contributed by atoms with Crippen LogP contribution in [-0.2, 0) is 4.84 Å². The van der Waals surface area contributed by atoms with Crippen LogP contribution < -0.4 is 5.56 Å². The lowest BCUT2D eigenvalue weighted by Crippen LogP contribution is -2.34. The number of nitrogens with zero attached hydrogens (tertiary/aromatic N) is 1. The highest BCUT2D eigenvalue weighted by molar-refractivity contribution is 6.21. The predicted molar refractivity (Wildman–Crippen MR) is 99.6 cm³/mol. The Kier molecular flexibility index (Phi) is 4.12. The van der Waals surface area contributed by atoms with Gasteiger partial charge in [-0.1, -0.05) is 47.5 Å². The summed E-state index contributed by atoms with van der Waals surface area (Å²) in [4.78, 5) is 57.1. The maximum atomic E-state index is 12.6. The number of aromatic amines is 1. The van der Waals surface area contributed by atoms with Crippen LogP contribution >= 0.6 is 0 Å². The molecule has 2 amide bonds. The molecule has 1 aliphatic rings. The first-order valence-corrected chi connectivity index (χ1v) is 8.47. The zero-order valence-electron chi connectivity index (χ0n) is 14.8. The lowest BCUT2D eigenvalue weighted by atomic mass is 10.0. The molecule has 4 rings (SSSR count). The molecule has 28 heavy (non-hydrogen) atoms. The molecule has 0 saturated heterocycles. The largest absolute Gasteiger partial charge is 0.369 e. The molecule has 0 aliphatic carbocycles. The van der Waals surface area contributed by atoms with Crippen molar-refractivity contribution >= 4 is 17.8 Å². The van der Waals surface area contributed by atoms with E-state index in [4.69, 9.17) is 4.84 Å². The van der Waals surface area contributed by atoms with E-state index in [1.165, 1.54) is 18.2 Å². The van der Waals surface area contributed by atoms with E-state index < -0.39 is 23.3 Å². The minimum absolute atomic E-state index is 0.142. The quantitative estimate of drug-likeness (QED) is 0.711. The molecule has 2 aromatic carbocycles. The molecule has 138 valence electrons. The number of pyridine rings is 1. The van der Waals surface area contributed by atoms with Gasteiger partial charge in [0.15, 0.2) is 0 Å². The molecule has 1 aromatic heterocycles. The molecule has 0 atom stereocenters. The molecule has 3 aromatic rings. The SMILES string of the molecule is Cc1[nH]c(=O)c(C(=O)ON2C(=O)c3ccccc3C2=O)cc1-c1ccccc1. The van der Waals surface area contributed by atoms with Crippen LogP contribution in [0.3, 0.4) is 0 Å². The lowest BCUT2D eigenvalue weighted by molar-refractivity contribution is -0.0585. The number of amides is 2. The average molecular weight is 374 g/mol. The molecule has 0 unspecified atom stereocenters. The Morgan fingerprint density at radius 2 is 1.43 bits per heavy atom. The van der Waals surface area contributed by atoms with Crippen LogP contribution in [0.1, 0.15) is 36.8 Å². The van der Waals surface area contributed by atoms with Crippen molar-refractivity contribution in [2.45, 2.75) is 6.92 Å². The van der Waals surface area contributed by atoms with Crippen LogP contribution in [0.15, 0.2) is 65.5 Å². The third-order valence-corrected chi connectivity index (χ3v) is 4.47. The second kappa shape index (κ2) is 6.62. The predicted octanol–water partition coefficient (Wildman–Crippen LogP) is 2.72. The van der Waals surface area contributed by atoms with E-state index in [1.807, 2.05) is 30.3 Å². The summed E-state index contributed by atoms with van der Waals surface area (Å²) >= 11 is 0. The number of hydroxylamine groups is 2. The molecule has 7 heteroatoms. The van der Waals surface area contributed by atoms with Crippen molar-refractivity contribution in [2.75, 3.05) is 0 Å². The van der Waals surface area contributed by atoms with Crippen LogP contribution in [0.25, 0.3) is 11.1 Å². The van der Waals surface area contributed by atoms with Crippen molar-refractivity contribution in [1.82, 2.24) is 10.0 Å². The summed E-state index contributed by atoms with van der Waals surface area (Å²) in [7, 11) is 0. The zero-order chi connectivity index (χ0) is 19.8. The van der Waals surface area contributed by atoms with Crippen LogP contribution in [0.5, 0.6) is 0 Å². The van der Waals surface area contributed by atoms with Gasteiger partial charge in [-0.25, -0.2) is 4.79 Å². The van der Waals surface area contributed by atoms with E-state index in [0.29, 0.717) is 16.3 Å². The van der Waals surface area contributed by atoms with Crippen molar-refractivity contribution in [3.05, 3.63) is 93.4 Å². The van der Waals surface area contributed by atoms with Crippen molar-refractivity contribution in [2.24, 2.45) is 0 Å². The van der Waals surface area contributed by atoms with Gasteiger partial charge in [0.25, 0.3) is 17.4 Å². The van der Waals surface area contributed by atoms with Crippen molar-refractivity contribution in [3.8, 4) is 11.1 Å². The van der Waals surface area contributed by atoms with Gasteiger partial charge in [-0.05, 0) is 30.7 Å². The number of carbonyl (C=O) groups is 3. The van der Waals surface area contributed by atoms with Gasteiger partial charge in [0, 0.05) is 11.3 Å². The summed E-state index contributed by atoms with van der Waals surface area (Å²) in [6.45, 7) is 1.71. The van der Waals surface area contributed by atoms with E-state index in [0.717, 1.165) is 5.56 Å². The average Bonchev–Trinajstić information content (AvgIpc) is 2.94. The normalized spacial score (nSPS) is 12.8. The third kappa shape index (κ3) is 2.79. The Morgan fingerprint density at radius 3 is 2.04 bits per heavy atom. The van der Waals surface area contributed by atoms with E-state index in [-0.39, 0.29) is 16.7 Å². The number of aryl methyl sites for hydroxylation is 1. The summed E-state index contributed by atoms with van der Waals surface area (Å²) in [6.07, 6.45) is 0. The van der Waals surface area contributed by atoms with Gasteiger partial charge in [0.2, 0.25) is 0 Å². The minimum atomic E-state index is -1.09. The Morgan fingerprint density at radius 1 is 0.857 bits per heavy atom. The molecule has 7 nitrogen and oxygen atoms in total. The molecule has 2 heterocycles. The fourth-order valence-corrected chi connectivity index (χ4v) is 3.07. The Bertz CT molecular complexity index is 1150. The molecule has 0 fully saturated rings. The summed E-state index contributed by atoms with van der Waals surface area (Å²) in [6, 6.07) is 16.7. The van der Waals surface area contributed by atoms with E-state index in [1.54, 1.807) is 19.1 Å². The van der Waals surface area contributed by atoms with E-state index in [2.05, 4.69) is 4.98 Å². The van der Waals surface area contributed by atoms with Crippen LogP contribution in [0, 0.1) is 6.92 Å². The number of fused-ring (bicyclic) bond motifs is 1. The van der Waals surface area contributed by atoms with Crippen molar-refractivity contribution < 1.29 is 19.2 Å². The van der Waals surface area contributed by atoms with Gasteiger partial charge < -0.3 is 9.82 Å². The maximum absolute atomic E-state index is 12.6. The minimum Gasteiger partial charge on any atom is -0.325 e. The fourth-order valence-electron chi connectivity index (χ4n) is 3.07. The molecule has 1 N–H and O–H groups in total. The van der Waals surface area contributed by atoms with Crippen molar-refractivity contribution in [3.63, 3.8) is 0 Å². The second-order valence-corrected chi connectivity index (χ2v) is 6.25. The van der Waals surface area contributed by atoms with Gasteiger partial charge in [-0.15, -0.1) is 0 Å². The molecular weight excluding hydrogens is 360 g/mol. The number of H-pyrrole nitrogens is 1. The molecule has 0 spiro atoms. The first-order valence-electron chi connectivity index (χ1n) is 8.47. The first kappa shape index (κ1) is 17.4. The number of imide groups is 1. The number of carbonyl (C=O) groups excluding carboxylic acids is 3. The Hall–Kier alpha value is -4.00. The summed E-state index contributed by atoms with van der Waals surface area (Å²) in [5.74, 6) is -2.59. The van der Waals surface area contributed by atoms with E-state index >= 15 is 0 Å². The lowest BCUT2D eigenvalue weighted by Gasteiger charge is -2.13. The van der Waals surface area contributed by atoms with Gasteiger partial charge >= 0.3 is 5.97 Å². The number of nitrogens with one attached hydrogen (secondary N) is 1. The van der Waals surface area contributed by atoms with E-state index in [9.17, 15) is 19.2 Å². The Balaban J connectivity index is 1.67. The third-order valence-electron chi connectivity index (χ3n) is 4.47. The Labute approximate surface area is 159 Å². The van der Waals surface area contributed by atoms with Gasteiger partial charge in [0.1, 0.15) is 5.56 Å². The van der Waals surface area contributed by atoms with Crippen LogP contribution in [-0.4, -0.2) is 27.8 Å². The summed E-state index contributed by atoms with van der Waals surface area (Å²) in [5, 5.41) is 0.383. The molecule has 0 bridgehead atoms. The number of benzene rings is 2. The zero-order valence-corrected chi connectivity index (χ0v) is 14.8. The monoisotopic (exact) mass is 374 g/mol. The van der Waals surface area contributed by atoms with Crippen LogP contribution in [0.4, 0.5) is 0 Å². The highest BCUT2D eigenvalue weighted by atomic mass is 16.7. The highest BCUT2D eigenvalue weighted by Gasteiger charge is 2.39. The van der Waals surface area contributed by atoms with Gasteiger partial charge in [-0.3, -0.25) is 14.4 Å². The molecular formula is C21H14N2O5. The van der Waals surface area contributed by atoms with Crippen LogP contribution in [0.2, 0.25) is 0 Å². The highest BCUT2D eigenvalue weighted by Crippen LogP contribution is 2.24. The smallest absolute Gasteiger partial charge is 0.325 e. The van der Waals surface area contributed by atoms with Crippen molar-refractivity contribution in [1.29, 1.82) is 0 Å². The summed E-state index contributed by atoms with van der Waals surface area (Å²) in [5.41, 5.74) is 1.32. The number of hydrogen-bond acceptors (Lipinski definition) is 5. The number of rotatable bonds is 3. The molecule has 1 aliphatic heterocycles. The fraction of sp³-hybridized carbons (Fsp3) is 0.0476. The standard InChI is InChI=1S/C21H14N2O5/c1-12-16(13-7-3-2-4-8-13)11-17(18(24)22-12)21(27)28-23-19(25)14-9-5-6-10-15(14)20(23)26/h2-11H,1H3,(H,22,24). The van der Waals surface area contributed by atoms with Gasteiger partial charge in [-0.2, -0.15) is 0 Å². The number of aromatic nitrogens is 1. The molecule has 0 radical (unpaired) electrons. The number of hydrogen-bond donors (Lipinski definition) is 1. The summed E-state index contributed by atoms with van der Waals surface area (Å²) < 4.78 is 0. The maximum Gasteiger partial charge on any atom is 0.369 e.